The molecule has 0 N–H and O–H groups in total. The Kier molecular flexibility index (Phi) is 2.56. The second kappa shape index (κ2) is 3.25. The first-order valence-corrected chi connectivity index (χ1v) is 5.59. The molecule has 0 bridgehead atoms. The maximum Gasteiger partial charge on any atom is 0.342 e. The number of rotatable bonds is 1. The van der Waals surface area contributed by atoms with Gasteiger partial charge in [-0.3, -0.25) is 0 Å². The van der Waals surface area contributed by atoms with Gasteiger partial charge in [0.05, 0.1) is 3.57 Å². The van der Waals surface area contributed by atoms with Gasteiger partial charge in [-0.05, 0) is 12.1 Å². The molecule has 0 unspecified atom stereocenters. The summed E-state index contributed by atoms with van der Waals surface area (Å²) in [6, 6.07) is 2.90. The van der Waals surface area contributed by atoms with Crippen molar-refractivity contribution in [1.29, 1.82) is 0 Å². The molecule has 0 aromatic carbocycles. The van der Waals surface area contributed by atoms with Crippen LogP contribution in [0.15, 0.2) is 18.3 Å². The molecule has 0 aliphatic carbocycles. The van der Waals surface area contributed by atoms with E-state index in [1.807, 2.05) is 0 Å². The van der Waals surface area contributed by atoms with Gasteiger partial charge >= 0.3 is 19.8 Å². The van der Waals surface area contributed by atoms with Crippen molar-refractivity contribution in [2.24, 2.45) is 0 Å². The standard InChI is InChI=1S/C5H3ClINO2/c6-5-2-1-4(3-8-5)7(9)10/h1-3H. The number of aromatic nitrogens is 1. The highest BCUT2D eigenvalue weighted by Gasteiger charge is 1.96. The van der Waals surface area contributed by atoms with E-state index in [2.05, 4.69) is 4.98 Å². The smallest absolute Gasteiger partial charge is 0.243 e. The lowest BCUT2D eigenvalue weighted by atomic mass is 10.5. The van der Waals surface area contributed by atoms with Crippen LogP contribution in [0.4, 0.5) is 0 Å². The maximum atomic E-state index is 10.4. The lowest BCUT2D eigenvalue weighted by Gasteiger charge is -1.86. The van der Waals surface area contributed by atoms with Crippen molar-refractivity contribution >= 4 is 31.4 Å². The van der Waals surface area contributed by atoms with Crippen LogP contribution in [0.3, 0.4) is 0 Å². The van der Waals surface area contributed by atoms with E-state index >= 15 is 0 Å². The first-order chi connectivity index (χ1) is 4.70. The summed E-state index contributed by atoms with van der Waals surface area (Å²) in [5.41, 5.74) is 0. The summed E-state index contributed by atoms with van der Waals surface area (Å²) in [7, 11) is 0. The van der Waals surface area contributed by atoms with Crippen LogP contribution < -0.4 is 0 Å². The molecule has 54 valence electrons. The molecule has 10 heavy (non-hydrogen) atoms. The van der Waals surface area contributed by atoms with Gasteiger partial charge in [0.1, 0.15) is 5.15 Å². The van der Waals surface area contributed by atoms with E-state index in [-0.39, 0.29) is 3.57 Å². The monoisotopic (exact) mass is 271 g/mol. The van der Waals surface area contributed by atoms with E-state index in [1.165, 1.54) is 18.3 Å². The molecular weight excluding hydrogens is 268 g/mol. The molecule has 0 spiro atoms. The fraction of sp³-hybridized carbons (Fsp3) is 0. The molecular formula is C5H3ClINO2. The number of halogens is 2. The zero-order chi connectivity index (χ0) is 7.56. The zero-order valence-electron chi connectivity index (χ0n) is 4.75. The number of hydrogen-bond acceptors (Lipinski definition) is 3. The van der Waals surface area contributed by atoms with Gasteiger partial charge in [0.2, 0.25) is 0 Å². The van der Waals surface area contributed by atoms with Crippen molar-refractivity contribution in [3.63, 3.8) is 0 Å². The molecule has 1 aromatic heterocycles. The molecule has 0 saturated heterocycles. The van der Waals surface area contributed by atoms with Gasteiger partial charge in [0.25, 0.3) is 0 Å². The average molecular weight is 271 g/mol. The maximum absolute atomic E-state index is 10.4. The number of pyridine rings is 1. The lowest BCUT2D eigenvalue weighted by Crippen LogP contribution is -1.75. The van der Waals surface area contributed by atoms with E-state index in [9.17, 15) is 6.14 Å². The van der Waals surface area contributed by atoms with Gasteiger partial charge in [0, 0.05) is 6.20 Å². The van der Waals surface area contributed by atoms with Crippen LogP contribution in [-0.2, 0) is 6.14 Å². The number of hydrogen-bond donors (Lipinski definition) is 0. The van der Waals surface area contributed by atoms with Crippen LogP contribution in [0.25, 0.3) is 0 Å². The minimum absolute atomic E-state index is 0.272. The molecule has 1 heterocycles. The molecule has 0 aliphatic rings. The highest BCUT2D eigenvalue weighted by atomic mass is 127. The third-order valence-electron chi connectivity index (χ3n) is 0.869. The minimum Gasteiger partial charge on any atom is -0.243 e. The van der Waals surface area contributed by atoms with Crippen LogP contribution in [0.2, 0.25) is 5.15 Å². The Morgan fingerprint density at radius 1 is 1.40 bits per heavy atom. The molecule has 1 aromatic rings. The van der Waals surface area contributed by atoms with Crippen molar-refractivity contribution in [1.82, 2.24) is 4.98 Å². The average Bonchev–Trinajstić information content (AvgIpc) is 1.88. The second-order valence-corrected chi connectivity index (χ2v) is 4.39. The SMILES string of the molecule is O=I(=O)c1ccc(Cl)nc1. The Balaban J connectivity index is 3.12. The molecule has 0 saturated carbocycles. The minimum atomic E-state index is -3.32. The first-order valence-electron chi connectivity index (χ1n) is 2.37. The molecule has 0 atom stereocenters. The van der Waals surface area contributed by atoms with Crippen LogP contribution in [0, 0.1) is 3.57 Å². The van der Waals surface area contributed by atoms with Crippen molar-refractivity contribution < 1.29 is 6.14 Å². The van der Waals surface area contributed by atoms with Crippen LogP contribution in [-0.4, -0.2) is 4.98 Å². The summed E-state index contributed by atoms with van der Waals surface area (Å²) in [6.07, 6.45) is 1.26. The van der Waals surface area contributed by atoms with Gasteiger partial charge in [-0.15, -0.1) is 0 Å². The molecule has 3 nitrogen and oxygen atoms in total. The predicted molar refractivity (Wildman–Crippen MR) is 43.3 cm³/mol. The molecule has 5 heteroatoms. The largest absolute Gasteiger partial charge is 0.342 e. The molecule has 0 aliphatic heterocycles. The quantitative estimate of drug-likeness (QED) is 0.580. The van der Waals surface area contributed by atoms with E-state index in [1.54, 1.807) is 0 Å². The third-order valence-corrected chi connectivity index (χ3v) is 2.75. The Morgan fingerprint density at radius 2 is 2.10 bits per heavy atom. The van der Waals surface area contributed by atoms with E-state index in [0.29, 0.717) is 5.15 Å². The lowest BCUT2D eigenvalue weighted by molar-refractivity contribution is 0.610. The van der Waals surface area contributed by atoms with Crippen LogP contribution >= 0.6 is 31.4 Å². The topological polar surface area (TPSA) is 47.0 Å². The fourth-order valence-electron chi connectivity index (χ4n) is 0.449. The van der Waals surface area contributed by atoms with Gasteiger partial charge in [-0.1, -0.05) is 11.6 Å². The Labute approximate surface area is 69.6 Å². The van der Waals surface area contributed by atoms with Crippen molar-refractivity contribution in [3.05, 3.63) is 27.1 Å². The van der Waals surface area contributed by atoms with Crippen molar-refractivity contribution in [2.45, 2.75) is 0 Å². The summed E-state index contributed by atoms with van der Waals surface area (Å²) in [4.78, 5) is 3.60. The zero-order valence-corrected chi connectivity index (χ0v) is 7.67. The summed E-state index contributed by atoms with van der Waals surface area (Å²) < 4.78 is 21.0. The van der Waals surface area contributed by atoms with Crippen molar-refractivity contribution in [3.8, 4) is 0 Å². The molecule has 1 rings (SSSR count). The second-order valence-electron chi connectivity index (χ2n) is 1.52. The van der Waals surface area contributed by atoms with E-state index in [4.69, 9.17) is 11.6 Å². The van der Waals surface area contributed by atoms with Crippen LogP contribution in [0.1, 0.15) is 0 Å². The number of nitrogens with zero attached hydrogens (tertiary/aromatic N) is 1. The van der Waals surface area contributed by atoms with E-state index < -0.39 is 19.8 Å². The normalized spacial score (nSPS) is 10.2. The highest BCUT2D eigenvalue weighted by Crippen LogP contribution is 2.16. The van der Waals surface area contributed by atoms with Gasteiger partial charge in [0.15, 0.2) is 0 Å². The Hall–Kier alpha value is -0.230. The van der Waals surface area contributed by atoms with Gasteiger partial charge < -0.3 is 0 Å². The Morgan fingerprint density at radius 3 is 2.50 bits per heavy atom. The molecule has 0 radical (unpaired) electrons. The van der Waals surface area contributed by atoms with Gasteiger partial charge in [-0.25, -0.2) is 11.1 Å². The third kappa shape index (κ3) is 1.88. The summed E-state index contributed by atoms with van der Waals surface area (Å²) in [5.74, 6) is 0. The summed E-state index contributed by atoms with van der Waals surface area (Å²) in [5, 5.41) is 0.307. The predicted octanol–water partition coefficient (Wildman–Crippen LogP) is 2.10. The molecule has 0 amide bonds. The van der Waals surface area contributed by atoms with Crippen molar-refractivity contribution in [2.75, 3.05) is 0 Å². The highest BCUT2D eigenvalue weighted by molar-refractivity contribution is 14.2. The Bertz CT molecular complexity index is 285. The van der Waals surface area contributed by atoms with Crippen LogP contribution in [0.5, 0.6) is 0 Å². The first kappa shape index (κ1) is 7.87. The van der Waals surface area contributed by atoms with E-state index in [0.717, 1.165) is 0 Å². The molecule has 0 fully saturated rings. The summed E-state index contributed by atoms with van der Waals surface area (Å²) in [6.45, 7) is 0. The summed E-state index contributed by atoms with van der Waals surface area (Å²) >= 11 is 2.09. The fourth-order valence-corrected chi connectivity index (χ4v) is 1.40. The van der Waals surface area contributed by atoms with Gasteiger partial charge in [-0.2, -0.15) is 0 Å².